The van der Waals surface area contributed by atoms with E-state index in [1.165, 1.54) is 16.2 Å². The van der Waals surface area contributed by atoms with E-state index in [2.05, 4.69) is 34.7 Å². The summed E-state index contributed by atoms with van der Waals surface area (Å²) in [5.41, 5.74) is 0. The second-order valence-electron chi connectivity index (χ2n) is 6.19. The van der Waals surface area contributed by atoms with Gasteiger partial charge in [0, 0.05) is 37.0 Å². The number of rotatable bonds is 6. The molecule has 1 fully saturated rings. The largest absolute Gasteiger partial charge is 0.376 e. The van der Waals surface area contributed by atoms with Gasteiger partial charge in [0.2, 0.25) is 5.91 Å². The minimum Gasteiger partial charge on any atom is -0.376 e. The van der Waals surface area contributed by atoms with Gasteiger partial charge in [0.15, 0.2) is 5.96 Å². The van der Waals surface area contributed by atoms with Crippen molar-refractivity contribution in [3.63, 3.8) is 0 Å². The Morgan fingerprint density at radius 1 is 1.36 bits per heavy atom. The van der Waals surface area contributed by atoms with E-state index < -0.39 is 0 Å². The maximum Gasteiger partial charge on any atom is 0.243 e. The van der Waals surface area contributed by atoms with Gasteiger partial charge in [-0.3, -0.25) is 4.79 Å². The first-order chi connectivity index (χ1) is 11.5. The maximum atomic E-state index is 11.8. The molecule has 2 N–H and O–H groups in total. The van der Waals surface area contributed by atoms with Crippen LogP contribution in [0.1, 0.15) is 29.0 Å². The van der Waals surface area contributed by atoms with Crippen LogP contribution in [0.3, 0.4) is 0 Å². The molecule has 2 rings (SSSR count). The van der Waals surface area contributed by atoms with Crippen molar-refractivity contribution < 1.29 is 9.53 Å². The number of hydrogen-bond acceptors (Lipinski definition) is 4. The molecule has 1 saturated heterocycles. The zero-order valence-electron chi connectivity index (χ0n) is 15.2. The minimum absolute atomic E-state index is 0. The van der Waals surface area contributed by atoms with E-state index in [1.807, 2.05) is 0 Å². The molecule has 1 unspecified atom stereocenters. The summed E-state index contributed by atoms with van der Waals surface area (Å²) < 4.78 is 5.74. The van der Waals surface area contributed by atoms with Crippen LogP contribution in [-0.2, 0) is 16.1 Å². The van der Waals surface area contributed by atoms with E-state index in [-0.39, 0.29) is 42.5 Å². The molecule has 142 valence electrons. The number of nitrogens with one attached hydrogen (secondary N) is 2. The van der Waals surface area contributed by atoms with Gasteiger partial charge < -0.3 is 20.3 Å². The molecule has 0 saturated carbocycles. The number of ether oxygens (including phenoxy) is 1. The third-order valence-corrected chi connectivity index (χ3v) is 4.87. The molecule has 6 nitrogen and oxygen atoms in total. The van der Waals surface area contributed by atoms with Crippen molar-refractivity contribution >= 4 is 47.2 Å². The number of aliphatic imine (C=N–C) groups is 1. The number of nitrogens with zero attached hydrogens (tertiary/aromatic N) is 2. The van der Waals surface area contributed by atoms with Crippen molar-refractivity contribution in [2.45, 2.75) is 38.8 Å². The summed E-state index contributed by atoms with van der Waals surface area (Å²) in [4.78, 5) is 20.3. The molecule has 0 bridgehead atoms. The smallest absolute Gasteiger partial charge is 0.243 e. The third-order valence-electron chi connectivity index (χ3n) is 3.87. The molecule has 0 spiro atoms. The molecule has 1 amide bonds. The minimum atomic E-state index is -0.0167. The fourth-order valence-corrected chi connectivity index (χ4v) is 3.22. The van der Waals surface area contributed by atoms with Crippen LogP contribution in [0.4, 0.5) is 0 Å². The molecule has 8 heteroatoms. The van der Waals surface area contributed by atoms with Gasteiger partial charge in [-0.05, 0) is 38.3 Å². The van der Waals surface area contributed by atoms with Gasteiger partial charge in [0.25, 0.3) is 0 Å². The van der Waals surface area contributed by atoms with Crippen LogP contribution in [0, 0.1) is 6.92 Å². The predicted octanol–water partition coefficient (Wildman–Crippen LogP) is 2.37. The number of hydrogen-bond donors (Lipinski definition) is 2. The highest BCUT2D eigenvalue weighted by Gasteiger charge is 2.14. The average Bonchev–Trinajstić information content (AvgIpc) is 3.00. The van der Waals surface area contributed by atoms with Gasteiger partial charge in [0.1, 0.15) is 6.54 Å². The van der Waals surface area contributed by atoms with E-state index in [1.54, 1.807) is 30.3 Å². The molecule has 25 heavy (non-hydrogen) atoms. The Hall–Kier alpha value is -0.870. The third kappa shape index (κ3) is 8.37. The fraction of sp³-hybridized carbons (Fsp3) is 0.647. The van der Waals surface area contributed by atoms with Crippen molar-refractivity contribution in [2.24, 2.45) is 4.99 Å². The van der Waals surface area contributed by atoms with Gasteiger partial charge in [-0.25, -0.2) is 4.99 Å². The van der Waals surface area contributed by atoms with Crippen molar-refractivity contribution in [1.82, 2.24) is 15.5 Å². The Kier molecular flexibility index (Phi) is 10.4. The van der Waals surface area contributed by atoms with Crippen LogP contribution in [0.15, 0.2) is 17.1 Å². The Bertz CT molecular complexity index is 557. The zero-order chi connectivity index (χ0) is 17.4. The zero-order valence-corrected chi connectivity index (χ0v) is 18.4. The predicted molar refractivity (Wildman–Crippen MR) is 114 cm³/mol. The number of carbonyl (C=O) groups is 1. The monoisotopic (exact) mass is 480 g/mol. The van der Waals surface area contributed by atoms with Crippen LogP contribution in [0.5, 0.6) is 0 Å². The van der Waals surface area contributed by atoms with Gasteiger partial charge in [-0.2, -0.15) is 0 Å². The lowest BCUT2D eigenvalue weighted by Crippen LogP contribution is -2.42. The van der Waals surface area contributed by atoms with Crippen molar-refractivity contribution in [3.05, 3.63) is 21.9 Å². The molecular weight excluding hydrogens is 451 g/mol. The lowest BCUT2D eigenvalue weighted by Gasteiger charge is -2.23. The van der Waals surface area contributed by atoms with Crippen LogP contribution >= 0.6 is 35.3 Å². The summed E-state index contributed by atoms with van der Waals surface area (Å²) in [6, 6.07) is 4.22. The fourth-order valence-electron chi connectivity index (χ4n) is 2.39. The average molecular weight is 480 g/mol. The van der Waals surface area contributed by atoms with E-state index in [0.717, 1.165) is 19.4 Å². The van der Waals surface area contributed by atoms with E-state index in [0.29, 0.717) is 19.0 Å². The van der Waals surface area contributed by atoms with Crippen LogP contribution in [0.2, 0.25) is 0 Å². The molecule has 0 aromatic carbocycles. The van der Waals surface area contributed by atoms with Gasteiger partial charge in [0.05, 0.1) is 12.6 Å². The Morgan fingerprint density at radius 3 is 2.76 bits per heavy atom. The van der Waals surface area contributed by atoms with Gasteiger partial charge in [-0.1, -0.05) is 0 Å². The molecule has 2 heterocycles. The standard InChI is InChI=1S/C17H28N4O2S.HI/c1-13-7-8-15(24-13)11-19-17(20-12-16(22)21(2)3)18-10-14-6-4-5-9-23-14;/h7-8,14H,4-6,9-12H2,1-3H3,(H2,18,19,20);1H. The summed E-state index contributed by atoms with van der Waals surface area (Å²) in [5, 5.41) is 6.61. The summed E-state index contributed by atoms with van der Waals surface area (Å²) in [6.07, 6.45) is 3.64. The van der Waals surface area contributed by atoms with Crippen molar-refractivity contribution in [1.29, 1.82) is 0 Å². The van der Waals surface area contributed by atoms with Crippen LogP contribution in [0.25, 0.3) is 0 Å². The molecule has 1 atom stereocenters. The Balaban J connectivity index is 0.00000312. The SMILES string of the molecule is Cc1ccc(CNC(=NCC(=O)N(C)C)NCC2CCCCO2)s1.I. The van der Waals surface area contributed by atoms with Crippen molar-refractivity contribution in [3.8, 4) is 0 Å². The second kappa shape index (κ2) is 11.7. The molecule has 1 aromatic rings. The topological polar surface area (TPSA) is 66.0 Å². The normalized spacial score (nSPS) is 17.6. The van der Waals surface area contributed by atoms with E-state index in [4.69, 9.17) is 4.74 Å². The number of carbonyl (C=O) groups excluding carboxylic acids is 1. The number of halogens is 1. The molecule has 1 aliphatic rings. The number of amides is 1. The van der Waals surface area contributed by atoms with E-state index in [9.17, 15) is 4.79 Å². The van der Waals surface area contributed by atoms with E-state index >= 15 is 0 Å². The summed E-state index contributed by atoms with van der Waals surface area (Å²) in [7, 11) is 3.48. The quantitative estimate of drug-likeness (QED) is 0.373. The molecule has 0 aliphatic carbocycles. The lowest BCUT2D eigenvalue weighted by molar-refractivity contribution is -0.127. The lowest BCUT2D eigenvalue weighted by atomic mass is 10.1. The number of guanidine groups is 1. The highest BCUT2D eigenvalue weighted by Crippen LogP contribution is 2.14. The summed E-state index contributed by atoms with van der Waals surface area (Å²) >= 11 is 1.76. The first-order valence-electron chi connectivity index (χ1n) is 8.44. The van der Waals surface area contributed by atoms with Crippen LogP contribution < -0.4 is 10.6 Å². The number of aryl methyl sites for hydroxylation is 1. The second-order valence-corrected chi connectivity index (χ2v) is 7.56. The molecule has 1 aliphatic heterocycles. The summed E-state index contributed by atoms with van der Waals surface area (Å²) in [6.45, 7) is 4.48. The first kappa shape index (κ1) is 22.2. The number of thiophene rings is 1. The highest BCUT2D eigenvalue weighted by molar-refractivity contribution is 14.0. The number of likely N-dealkylation sites (N-methyl/N-ethyl adjacent to an activating group) is 1. The van der Waals surface area contributed by atoms with Gasteiger partial charge >= 0.3 is 0 Å². The Labute approximate surface area is 171 Å². The maximum absolute atomic E-state index is 11.8. The molecule has 0 radical (unpaired) electrons. The molecule has 1 aromatic heterocycles. The van der Waals surface area contributed by atoms with Crippen molar-refractivity contribution in [2.75, 3.05) is 33.8 Å². The van der Waals surface area contributed by atoms with Crippen LogP contribution in [-0.4, -0.2) is 56.7 Å². The molecular formula is C17H29IN4O2S. The highest BCUT2D eigenvalue weighted by atomic mass is 127. The van der Waals surface area contributed by atoms with Gasteiger partial charge in [-0.15, -0.1) is 35.3 Å². The Morgan fingerprint density at radius 2 is 2.16 bits per heavy atom. The summed E-state index contributed by atoms with van der Waals surface area (Å²) in [5.74, 6) is 0.641. The first-order valence-corrected chi connectivity index (χ1v) is 9.25.